The molecule has 0 aromatic carbocycles. The summed E-state index contributed by atoms with van der Waals surface area (Å²) in [5.74, 6) is 6.78. The van der Waals surface area contributed by atoms with Crippen LogP contribution >= 0.6 is 11.3 Å². The number of carboxylic acid groups (broad SMARTS) is 1. The summed E-state index contributed by atoms with van der Waals surface area (Å²) in [7, 11) is 0. The van der Waals surface area contributed by atoms with Crippen LogP contribution in [0.3, 0.4) is 0 Å². The Labute approximate surface area is 266 Å². The number of ether oxygens (including phenoxy) is 2. The predicted molar refractivity (Wildman–Crippen MR) is 173 cm³/mol. The Balaban J connectivity index is 1.32. The van der Waals surface area contributed by atoms with E-state index in [1.54, 1.807) is 6.20 Å². The molecular weight excluding hydrogens is 574 g/mol. The van der Waals surface area contributed by atoms with Gasteiger partial charge in [-0.3, -0.25) is 14.7 Å². The highest BCUT2D eigenvalue weighted by Crippen LogP contribution is 2.39. The van der Waals surface area contributed by atoms with Crippen molar-refractivity contribution in [2.75, 3.05) is 31.2 Å². The lowest BCUT2D eigenvalue weighted by atomic mass is 9.81. The number of morpholine rings is 1. The topological polar surface area (TPSA) is 92.2 Å². The normalized spacial score (nSPS) is 24.6. The Hall–Kier alpha value is -2.93. The van der Waals surface area contributed by atoms with Gasteiger partial charge in [0.1, 0.15) is 10.6 Å². The third kappa shape index (κ3) is 8.62. The van der Waals surface area contributed by atoms with Crippen LogP contribution in [0, 0.1) is 29.1 Å². The summed E-state index contributed by atoms with van der Waals surface area (Å²) in [5.41, 5.74) is 1.42. The minimum atomic E-state index is -1.01. The molecule has 9 heteroatoms. The maximum atomic E-state index is 14.2. The van der Waals surface area contributed by atoms with Crippen molar-refractivity contribution in [1.29, 1.82) is 0 Å². The summed E-state index contributed by atoms with van der Waals surface area (Å²) in [6, 6.07) is 3.84. The number of pyridine rings is 1. The van der Waals surface area contributed by atoms with Gasteiger partial charge in [0.15, 0.2) is 0 Å². The van der Waals surface area contributed by atoms with E-state index in [1.807, 2.05) is 37.9 Å². The Morgan fingerprint density at radius 1 is 1.07 bits per heavy atom. The fraction of sp³-hybridized carbons (Fsp3) is 0.629. The minimum absolute atomic E-state index is 0.0220. The first-order valence-electron chi connectivity index (χ1n) is 16.2. The molecule has 3 fully saturated rings. The van der Waals surface area contributed by atoms with Crippen LogP contribution in [0.1, 0.15) is 99.2 Å². The molecule has 2 aromatic heterocycles. The van der Waals surface area contributed by atoms with Crippen molar-refractivity contribution in [2.45, 2.75) is 97.8 Å². The van der Waals surface area contributed by atoms with Crippen LogP contribution in [0.15, 0.2) is 24.5 Å². The molecule has 238 valence electrons. The number of nitrogens with zero attached hydrogens (tertiary/aromatic N) is 3. The van der Waals surface area contributed by atoms with E-state index in [0.717, 1.165) is 95.5 Å². The molecule has 0 bridgehead atoms. The van der Waals surface area contributed by atoms with Crippen molar-refractivity contribution in [3.05, 3.63) is 39.8 Å². The number of carbonyl (C=O) groups is 2. The van der Waals surface area contributed by atoms with E-state index in [2.05, 4.69) is 34.7 Å². The van der Waals surface area contributed by atoms with E-state index in [-0.39, 0.29) is 34.3 Å². The zero-order valence-corrected chi connectivity index (χ0v) is 27.5. The molecule has 5 rings (SSSR count). The quantitative estimate of drug-likeness (QED) is 0.331. The number of carbonyl (C=O) groups excluding carboxylic acids is 1. The van der Waals surface area contributed by atoms with Gasteiger partial charge in [-0.05, 0) is 95.8 Å². The zero-order chi connectivity index (χ0) is 31.3. The molecule has 3 aliphatic rings. The van der Waals surface area contributed by atoms with Crippen molar-refractivity contribution in [2.24, 2.45) is 17.3 Å². The number of aromatic nitrogens is 1. The molecule has 2 saturated carbocycles. The fourth-order valence-electron chi connectivity index (χ4n) is 6.47. The number of hydrogen-bond donors (Lipinski definition) is 1. The van der Waals surface area contributed by atoms with Crippen LogP contribution in [0.5, 0.6) is 5.75 Å². The number of aromatic carboxylic acids is 1. The summed E-state index contributed by atoms with van der Waals surface area (Å²) in [6.45, 7) is 12.5. The summed E-state index contributed by atoms with van der Waals surface area (Å²) in [6.07, 6.45) is 10.5. The maximum absolute atomic E-state index is 14.2. The summed E-state index contributed by atoms with van der Waals surface area (Å²) >= 11 is 1.17. The summed E-state index contributed by atoms with van der Waals surface area (Å²) in [5, 5.41) is 10.2. The maximum Gasteiger partial charge on any atom is 0.348 e. The third-order valence-electron chi connectivity index (χ3n) is 8.92. The van der Waals surface area contributed by atoms with Gasteiger partial charge in [-0.25, -0.2) is 4.79 Å². The summed E-state index contributed by atoms with van der Waals surface area (Å²) in [4.78, 5) is 36.2. The van der Waals surface area contributed by atoms with Crippen molar-refractivity contribution in [3.8, 4) is 17.6 Å². The van der Waals surface area contributed by atoms with E-state index >= 15 is 0 Å². The van der Waals surface area contributed by atoms with E-state index in [9.17, 15) is 14.7 Å². The van der Waals surface area contributed by atoms with Gasteiger partial charge in [0.05, 0.1) is 36.1 Å². The Morgan fingerprint density at radius 2 is 1.77 bits per heavy atom. The molecule has 1 saturated heterocycles. The lowest BCUT2D eigenvalue weighted by molar-refractivity contribution is -0.124. The van der Waals surface area contributed by atoms with Gasteiger partial charge in [0, 0.05) is 43.2 Å². The molecule has 0 unspecified atom stereocenters. The minimum Gasteiger partial charge on any atom is -0.489 e. The number of anilines is 1. The van der Waals surface area contributed by atoms with E-state index in [1.165, 1.54) is 11.3 Å². The third-order valence-corrected chi connectivity index (χ3v) is 9.95. The largest absolute Gasteiger partial charge is 0.489 e. The first-order chi connectivity index (χ1) is 21.1. The van der Waals surface area contributed by atoms with Gasteiger partial charge in [-0.15, -0.1) is 11.3 Å². The van der Waals surface area contributed by atoms with Crippen LogP contribution in [0.25, 0.3) is 0 Å². The lowest BCUT2D eigenvalue weighted by Crippen LogP contribution is -2.47. The molecule has 2 aromatic rings. The van der Waals surface area contributed by atoms with E-state index in [4.69, 9.17) is 9.47 Å². The second-order valence-corrected chi connectivity index (χ2v) is 14.8. The monoisotopic (exact) mass is 621 g/mol. The van der Waals surface area contributed by atoms with Crippen LogP contribution in [-0.2, 0) is 16.1 Å². The highest BCUT2D eigenvalue weighted by Gasteiger charge is 2.38. The average Bonchev–Trinajstić information content (AvgIpc) is 3.42. The van der Waals surface area contributed by atoms with Crippen molar-refractivity contribution in [3.63, 3.8) is 0 Å². The van der Waals surface area contributed by atoms with Crippen molar-refractivity contribution in [1.82, 2.24) is 9.88 Å². The van der Waals surface area contributed by atoms with Gasteiger partial charge in [-0.2, -0.15) is 0 Å². The van der Waals surface area contributed by atoms with Crippen molar-refractivity contribution < 1.29 is 24.2 Å². The molecule has 1 N–H and O–H groups in total. The Kier molecular flexibility index (Phi) is 10.7. The fourth-order valence-corrected chi connectivity index (χ4v) is 7.31. The smallest absolute Gasteiger partial charge is 0.348 e. The standard InChI is InChI=1S/C35H47N3O5S/c1-24-5-7-26(8-6-24)33(39)38(31-20-30(13-14-35(2,3)4)44-32(31)34(40)41)27-9-11-28(12-10-27)43-29-19-25(21-36-22-29)23-37-15-17-42-18-16-37/h19-22,24,26-28H,5-12,15-18,23H2,1-4H3,(H,40,41)/t24-,26-,27-,28-. The molecule has 8 nitrogen and oxygen atoms in total. The van der Waals surface area contributed by atoms with Crippen LogP contribution < -0.4 is 9.64 Å². The second-order valence-electron chi connectivity index (χ2n) is 13.8. The van der Waals surface area contributed by atoms with Crippen LogP contribution in [-0.4, -0.2) is 65.3 Å². The number of thiophene rings is 1. The number of hydrogen-bond acceptors (Lipinski definition) is 7. The number of rotatable bonds is 8. The molecule has 1 aliphatic heterocycles. The predicted octanol–water partition coefficient (Wildman–Crippen LogP) is 6.62. The molecule has 0 atom stereocenters. The Bertz CT molecular complexity index is 1350. The van der Waals surface area contributed by atoms with Gasteiger partial charge >= 0.3 is 5.97 Å². The molecule has 3 heterocycles. The molecule has 44 heavy (non-hydrogen) atoms. The van der Waals surface area contributed by atoms with Crippen LogP contribution in [0.2, 0.25) is 0 Å². The van der Waals surface area contributed by atoms with Crippen LogP contribution in [0.4, 0.5) is 5.69 Å². The molecular formula is C35H47N3O5S. The van der Waals surface area contributed by atoms with Crippen molar-refractivity contribution >= 4 is 28.9 Å². The lowest BCUT2D eigenvalue weighted by Gasteiger charge is -2.39. The van der Waals surface area contributed by atoms with Gasteiger partial charge in [-0.1, -0.05) is 18.8 Å². The first-order valence-corrected chi connectivity index (χ1v) is 17.0. The SMILES string of the molecule is CC(C)(C)C#Cc1cc(N(C(=O)[C@H]2CC[C@H](C)CC2)[C@H]2CC[C@H](Oc3cncc(CN4CCOCC4)c3)CC2)c(C(=O)O)s1. The molecule has 0 spiro atoms. The number of carboxylic acids is 1. The van der Waals surface area contributed by atoms with E-state index < -0.39 is 5.97 Å². The second kappa shape index (κ2) is 14.4. The molecule has 2 aliphatic carbocycles. The average molecular weight is 622 g/mol. The first kappa shape index (κ1) is 32.5. The Morgan fingerprint density at radius 3 is 2.43 bits per heavy atom. The molecule has 0 radical (unpaired) electrons. The molecule has 1 amide bonds. The zero-order valence-electron chi connectivity index (χ0n) is 26.6. The summed E-state index contributed by atoms with van der Waals surface area (Å²) < 4.78 is 11.9. The number of amides is 1. The highest BCUT2D eigenvalue weighted by atomic mass is 32.1. The van der Waals surface area contributed by atoms with Gasteiger partial charge < -0.3 is 19.5 Å². The van der Waals surface area contributed by atoms with Gasteiger partial charge in [0.25, 0.3) is 0 Å². The van der Waals surface area contributed by atoms with Gasteiger partial charge in [0.2, 0.25) is 5.91 Å². The highest BCUT2D eigenvalue weighted by molar-refractivity contribution is 7.15. The van der Waals surface area contributed by atoms with E-state index in [0.29, 0.717) is 16.5 Å².